The van der Waals surface area contributed by atoms with Gasteiger partial charge in [-0.3, -0.25) is 4.79 Å². The van der Waals surface area contributed by atoms with Crippen molar-refractivity contribution >= 4 is 5.78 Å². The molecule has 2 nitrogen and oxygen atoms in total. The van der Waals surface area contributed by atoms with Crippen LogP contribution in [0, 0.1) is 12.7 Å². The second-order valence-electron chi connectivity index (χ2n) is 3.86. The molecule has 1 atom stereocenters. The zero-order valence-corrected chi connectivity index (χ0v) is 9.92. The van der Waals surface area contributed by atoms with Gasteiger partial charge < -0.3 is 4.74 Å². The number of halogens is 1. The Morgan fingerprint density at radius 2 is 2.19 bits per heavy atom. The summed E-state index contributed by atoms with van der Waals surface area (Å²) >= 11 is 0. The normalized spacial score (nSPS) is 12.5. The molecule has 1 aromatic rings. The number of carbonyl (C=O) groups excluding carboxylic acids is 1. The van der Waals surface area contributed by atoms with Crippen LogP contribution in [0.5, 0.6) is 0 Å². The van der Waals surface area contributed by atoms with Crippen molar-refractivity contribution in [3.63, 3.8) is 0 Å². The molecule has 0 spiro atoms. The number of carbonyl (C=O) groups is 1. The van der Waals surface area contributed by atoms with E-state index in [2.05, 4.69) is 0 Å². The lowest BCUT2D eigenvalue weighted by Crippen LogP contribution is -2.23. The molecule has 0 aromatic heterocycles. The first kappa shape index (κ1) is 12.8. The zero-order chi connectivity index (χ0) is 12.1. The summed E-state index contributed by atoms with van der Waals surface area (Å²) in [6.07, 6.45) is 0.904. The molecular weight excluding hydrogens is 207 g/mol. The average Bonchev–Trinajstić information content (AvgIpc) is 2.28. The zero-order valence-electron chi connectivity index (χ0n) is 9.92. The Hall–Kier alpha value is -1.22. The molecule has 0 N–H and O–H groups in total. The number of ether oxygens (including phenoxy) is 1. The molecule has 0 heterocycles. The van der Waals surface area contributed by atoms with Gasteiger partial charge in [-0.25, -0.2) is 4.39 Å². The van der Waals surface area contributed by atoms with Gasteiger partial charge in [-0.05, 0) is 25.5 Å². The Morgan fingerprint density at radius 3 is 2.75 bits per heavy atom. The van der Waals surface area contributed by atoms with Crippen molar-refractivity contribution in [3.05, 3.63) is 35.1 Å². The van der Waals surface area contributed by atoms with Crippen LogP contribution in [0.15, 0.2) is 18.2 Å². The first-order valence-corrected chi connectivity index (χ1v) is 5.43. The number of aryl methyl sites for hydroxylation is 1. The Balaban J connectivity index is 2.98. The van der Waals surface area contributed by atoms with Crippen molar-refractivity contribution in [2.75, 3.05) is 7.11 Å². The van der Waals surface area contributed by atoms with Gasteiger partial charge in [-0.1, -0.05) is 25.0 Å². The first-order valence-electron chi connectivity index (χ1n) is 5.43. The van der Waals surface area contributed by atoms with Gasteiger partial charge in [0.15, 0.2) is 5.78 Å². The lowest BCUT2D eigenvalue weighted by molar-refractivity contribution is 0.0574. The van der Waals surface area contributed by atoms with Crippen molar-refractivity contribution in [2.24, 2.45) is 0 Å². The maximum atomic E-state index is 13.5. The van der Waals surface area contributed by atoms with E-state index in [-0.39, 0.29) is 11.3 Å². The molecule has 1 aromatic carbocycles. The lowest BCUT2D eigenvalue weighted by atomic mass is 10.0. The van der Waals surface area contributed by atoms with Crippen LogP contribution in [-0.2, 0) is 4.74 Å². The van der Waals surface area contributed by atoms with Crippen LogP contribution in [0.1, 0.15) is 35.7 Å². The highest BCUT2D eigenvalue weighted by Gasteiger charge is 2.21. The number of benzene rings is 1. The number of methoxy groups -OCH3 is 1. The third kappa shape index (κ3) is 2.89. The van der Waals surface area contributed by atoms with Crippen LogP contribution < -0.4 is 0 Å². The second kappa shape index (κ2) is 5.75. The van der Waals surface area contributed by atoms with Crippen LogP contribution in [0.4, 0.5) is 4.39 Å². The van der Waals surface area contributed by atoms with Gasteiger partial charge in [0.1, 0.15) is 11.9 Å². The monoisotopic (exact) mass is 224 g/mol. The molecule has 0 radical (unpaired) electrons. The number of hydrogen-bond donors (Lipinski definition) is 0. The largest absolute Gasteiger partial charge is 0.373 e. The standard InChI is InChI=1S/C13H17FO2/c1-4-5-12(16-3)13(15)10-8-9(2)6-7-11(10)14/h6-8,12H,4-5H2,1-3H3. The molecule has 0 aliphatic heterocycles. The Labute approximate surface area is 95.4 Å². The summed E-state index contributed by atoms with van der Waals surface area (Å²) in [4.78, 5) is 12.0. The predicted octanol–water partition coefficient (Wildman–Crippen LogP) is 3.13. The molecule has 1 unspecified atom stereocenters. The smallest absolute Gasteiger partial charge is 0.194 e. The van der Waals surface area contributed by atoms with Gasteiger partial charge >= 0.3 is 0 Å². The van der Waals surface area contributed by atoms with E-state index in [9.17, 15) is 9.18 Å². The van der Waals surface area contributed by atoms with Crippen molar-refractivity contribution < 1.29 is 13.9 Å². The molecule has 0 saturated carbocycles. The molecule has 3 heteroatoms. The van der Waals surface area contributed by atoms with Gasteiger partial charge in [0.05, 0.1) is 5.56 Å². The molecule has 88 valence electrons. The van der Waals surface area contributed by atoms with Crippen molar-refractivity contribution in [3.8, 4) is 0 Å². The fraction of sp³-hybridized carbons (Fsp3) is 0.462. The third-order valence-electron chi connectivity index (χ3n) is 2.52. The van der Waals surface area contributed by atoms with E-state index in [0.717, 1.165) is 12.0 Å². The van der Waals surface area contributed by atoms with E-state index < -0.39 is 11.9 Å². The Morgan fingerprint density at radius 1 is 1.50 bits per heavy atom. The molecule has 0 fully saturated rings. The van der Waals surface area contributed by atoms with Crippen LogP contribution in [0.25, 0.3) is 0 Å². The maximum Gasteiger partial charge on any atom is 0.194 e. The predicted molar refractivity (Wildman–Crippen MR) is 61.2 cm³/mol. The van der Waals surface area contributed by atoms with E-state index in [1.54, 1.807) is 12.1 Å². The maximum absolute atomic E-state index is 13.5. The highest BCUT2D eigenvalue weighted by Crippen LogP contribution is 2.15. The Kier molecular flexibility index (Phi) is 4.62. The van der Waals surface area contributed by atoms with Crippen molar-refractivity contribution in [2.45, 2.75) is 32.8 Å². The third-order valence-corrected chi connectivity index (χ3v) is 2.52. The van der Waals surface area contributed by atoms with E-state index in [4.69, 9.17) is 4.74 Å². The van der Waals surface area contributed by atoms with Gasteiger partial charge in [0.25, 0.3) is 0 Å². The van der Waals surface area contributed by atoms with Gasteiger partial charge in [0, 0.05) is 7.11 Å². The van der Waals surface area contributed by atoms with E-state index in [0.29, 0.717) is 6.42 Å². The van der Waals surface area contributed by atoms with Crippen molar-refractivity contribution in [1.29, 1.82) is 0 Å². The molecule has 16 heavy (non-hydrogen) atoms. The van der Waals surface area contributed by atoms with Crippen LogP contribution >= 0.6 is 0 Å². The molecule has 1 rings (SSSR count). The molecule has 0 aliphatic rings. The van der Waals surface area contributed by atoms with Gasteiger partial charge in [-0.15, -0.1) is 0 Å². The minimum atomic E-state index is -0.540. The molecular formula is C13H17FO2. The van der Waals surface area contributed by atoms with Crippen molar-refractivity contribution in [1.82, 2.24) is 0 Å². The molecule has 0 aliphatic carbocycles. The lowest BCUT2D eigenvalue weighted by Gasteiger charge is -2.13. The fourth-order valence-electron chi connectivity index (χ4n) is 1.62. The topological polar surface area (TPSA) is 26.3 Å². The first-order chi connectivity index (χ1) is 7.60. The highest BCUT2D eigenvalue weighted by molar-refractivity contribution is 5.99. The quantitative estimate of drug-likeness (QED) is 0.718. The summed E-state index contributed by atoms with van der Waals surface area (Å²) in [5.41, 5.74) is 0.997. The fourth-order valence-corrected chi connectivity index (χ4v) is 1.62. The summed E-state index contributed by atoms with van der Waals surface area (Å²) in [7, 11) is 1.48. The number of hydrogen-bond acceptors (Lipinski definition) is 2. The van der Waals surface area contributed by atoms with Gasteiger partial charge in [-0.2, -0.15) is 0 Å². The highest BCUT2D eigenvalue weighted by atomic mass is 19.1. The minimum Gasteiger partial charge on any atom is -0.373 e. The average molecular weight is 224 g/mol. The summed E-state index contributed by atoms with van der Waals surface area (Å²) in [6, 6.07) is 4.54. The molecule has 0 bridgehead atoms. The van der Waals surface area contributed by atoms with E-state index in [1.165, 1.54) is 13.2 Å². The molecule has 0 amide bonds. The summed E-state index contributed by atoms with van der Waals surface area (Å²) in [6.45, 7) is 3.80. The van der Waals surface area contributed by atoms with Gasteiger partial charge in [0.2, 0.25) is 0 Å². The number of ketones is 1. The molecule has 0 saturated heterocycles. The second-order valence-corrected chi connectivity index (χ2v) is 3.86. The minimum absolute atomic E-state index is 0.125. The van der Waals surface area contributed by atoms with Crippen LogP contribution in [0.3, 0.4) is 0 Å². The van der Waals surface area contributed by atoms with E-state index in [1.807, 2.05) is 13.8 Å². The summed E-state index contributed by atoms with van der Waals surface area (Å²) in [5, 5.41) is 0. The van der Waals surface area contributed by atoms with Crippen LogP contribution in [0.2, 0.25) is 0 Å². The Bertz CT molecular complexity index is 374. The number of Topliss-reactive ketones (excluding diaryl/α,β-unsaturated/α-hetero) is 1. The van der Waals surface area contributed by atoms with E-state index >= 15 is 0 Å². The summed E-state index contributed by atoms with van der Waals surface area (Å²) in [5.74, 6) is -0.751. The SMILES string of the molecule is CCCC(OC)C(=O)c1cc(C)ccc1F. The van der Waals surface area contributed by atoms with Crippen LogP contribution in [-0.4, -0.2) is 19.0 Å². The number of rotatable bonds is 5. The summed E-state index contributed by atoms with van der Waals surface area (Å²) < 4.78 is 18.6.